The number of nitrogens with zero attached hydrogens (tertiary/aromatic N) is 1. The van der Waals surface area contributed by atoms with Gasteiger partial charge in [-0.25, -0.2) is 0 Å². The SMILES string of the molecule is COc1cc(C(=O)NCc2ccc(-c3ccn[nH]3)cc2)cc(Cl)c1OC. The van der Waals surface area contributed by atoms with Crippen molar-refractivity contribution in [3.63, 3.8) is 0 Å². The predicted molar refractivity (Wildman–Crippen MR) is 99.7 cm³/mol. The molecule has 1 heterocycles. The van der Waals surface area contributed by atoms with Crippen LogP contribution >= 0.6 is 11.6 Å². The van der Waals surface area contributed by atoms with Gasteiger partial charge >= 0.3 is 0 Å². The Labute approximate surface area is 156 Å². The summed E-state index contributed by atoms with van der Waals surface area (Å²) >= 11 is 6.15. The van der Waals surface area contributed by atoms with Gasteiger partial charge in [0.1, 0.15) is 0 Å². The van der Waals surface area contributed by atoms with Crippen LogP contribution in [0.5, 0.6) is 11.5 Å². The number of methoxy groups -OCH3 is 2. The van der Waals surface area contributed by atoms with Crippen LogP contribution in [0, 0.1) is 0 Å². The number of rotatable bonds is 6. The molecular formula is C19H18ClN3O3. The molecule has 0 radical (unpaired) electrons. The summed E-state index contributed by atoms with van der Waals surface area (Å²) < 4.78 is 10.4. The highest BCUT2D eigenvalue weighted by molar-refractivity contribution is 6.32. The maximum Gasteiger partial charge on any atom is 0.251 e. The Morgan fingerprint density at radius 2 is 1.92 bits per heavy atom. The van der Waals surface area contributed by atoms with Gasteiger partial charge in [-0.3, -0.25) is 9.89 Å². The van der Waals surface area contributed by atoms with E-state index in [1.54, 1.807) is 18.3 Å². The minimum atomic E-state index is -0.245. The molecule has 0 saturated carbocycles. The third kappa shape index (κ3) is 3.81. The van der Waals surface area contributed by atoms with E-state index >= 15 is 0 Å². The molecule has 0 aliphatic heterocycles. The van der Waals surface area contributed by atoms with Crippen LogP contribution in [0.3, 0.4) is 0 Å². The Bertz CT molecular complexity index is 893. The van der Waals surface area contributed by atoms with Crippen LogP contribution in [0.25, 0.3) is 11.3 Å². The number of aromatic nitrogens is 2. The first-order valence-corrected chi connectivity index (χ1v) is 8.28. The first-order chi connectivity index (χ1) is 12.6. The topological polar surface area (TPSA) is 76.2 Å². The van der Waals surface area contributed by atoms with Gasteiger partial charge in [0, 0.05) is 18.3 Å². The molecule has 1 amide bonds. The third-order valence-electron chi connectivity index (χ3n) is 3.91. The standard InChI is InChI=1S/C19H18ClN3O3/c1-25-17-10-14(9-15(20)18(17)26-2)19(24)21-11-12-3-5-13(6-4-12)16-7-8-22-23-16/h3-10H,11H2,1-2H3,(H,21,24)(H,22,23). The molecule has 6 nitrogen and oxygen atoms in total. The molecule has 0 spiro atoms. The molecule has 2 N–H and O–H groups in total. The number of benzene rings is 2. The van der Waals surface area contributed by atoms with Crippen molar-refractivity contribution >= 4 is 17.5 Å². The number of carbonyl (C=O) groups excluding carboxylic acids is 1. The van der Waals surface area contributed by atoms with Crippen molar-refractivity contribution in [2.24, 2.45) is 0 Å². The number of amides is 1. The Kier molecular flexibility index (Phi) is 5.43. The van der Waals surface area contributed by atoms with Crippen molar-refractivity contribution in [3.05, 3.63) is 64.8 Å². The quantitative estimate of drug-likeness (QED) is 0.693. The summed E-state index contributed by atoms with van der Waals surface area (Å²) in [7, 11) is 2.99. The molecule has 0 unspecified atom stereocenters. The number of aromatic amines is 1. The number of H-pyrrole nitrogens is 1. The molecule has 134 valence electrons. The Morgan fingerprint density at radius 3 is 2.54 bits per heavy atom. The van der Waals surface area contributed by atoms with Gasteiger partial charge in [0.2, 0.25) is 0 Å². The zero-order chi connectivity index (χ0) is 18.5. The van der Waals surface area contributed by atoms with E-state index in [1.807, 2.05) is 30.3 Å². The fraction of sp³-hybridized carbons (Fsp3) is 0.158. The highest BCUT2D eigenvalue weighted by Gasteiger charge is 2.15. The lowest BCUT2D eigenvalue weighted by molar-refractivity contribution is 0.0950. The zero-order valence-electron chi connectivity index (χ0n) is 14.4. The molecule has 7 heteroatoms. The Hall–Kier alpha value is -2.99. The largest absolute Gasteiger partial charge is 0.493 e. The van der Waals surface area contributed by atoms with Gasteiger partial charge in [0.15, 0.2) is 11.5 Å². The van der Waals surface area contributed by atoms with Gasteiger partial charge in [-0.2, -0.15) is 5.10 Å². The smallest absolute Gasteiger partial charge is 0.251 e. The van der Waals surface area contributed by atoms with Crippen LogP contribution in [0.2, 0.25) is 5.02 Å². The molecule has 3 aromatic rings. The fourth-order valence-corrected chi connectivity index (χ4v) is 2.84. The molecule has 1 aromatic heterocycles. The summed E-state index contributed by atoms with van der Waals surface area (Å²) in [5, 5.41) is 10.0. The van der Waals surface area contributed by atoms with Gasteiger partial charge < -0.3 is 14.8 Å². The third-order valence-corrected chi connectivity index (χ3v) is 4.20. The van der Waals surface area contributed by atoms with E-state index in [2.05, 4.69) is 15.5 Å². The predicted octanol–water partition coefficient (Wildman–Crippen LogP) is 3.68. The maximum atomic E-state index is 12.4. The number of ether oxygens (including phenoxy) is 2. The molecule has 0 fully saturated rings. The highest BCUT2D eigenvalue weighted by Crippen LogP contribution is 2.35. The van der Waals surface area contributed by atoms with Gasteiger partial charge in [-0.15, -0.1) is 0 Å². The van der Waals surface area contributed by atoms with E-state index in [4.69, 9.17) is 21.1 Å². The summed E-state index contributed by atoms with van der Waals surface area (Å²) in [6.07, 6.45) is 1.71. The van der Waals surface area contributed by atoms with Crippen LogP contribution in [0.4, 0.5) is 0 Å². The van der Waals surface area contributed by atoms with Crippen LogP contribution in [-0.4, -0.2) is 30.3 Å². The second kappa shape index (κ2) is 7.93. The van der Waals surface area contributed by atoms with Crippen LogP contribution in [-0.2, 0) is 6.54 Å². The minimum absolute atomic E-state index is 0.245. The first-order valence-electron chi connectivity index (χ1n) is 7.90. The average Bonchev–Trinajstić information content (AvgIpc) is 3.20. The summed E-state index contributed by atoms with van der Waals surface area (Å²) in [5.74, 6) is 0.569. The molecule has 2 aromatic carbocycles. The van der Waals surface area contributed by atoms with E-state index in [-0.39, 0.29) is 5.91 Å². The summed E-state index contributed by atoms with van der Waals surface area (Å²) in [5.41, 5.74) is 3.36. The average molecular weight is 372 g/mol. The normalized spacial score (nSPS) is 10.4. The van der Waals surface area contributed by atoms with E-state index in [1.165, 1.54) is 14.2 Å². The molecule has 0 aliphatic rings. The van der Waals surface area contributed by atoms with E-state index in [0.29, 0.717) is 28.6 Å². The van der Waals surface area contributed by atoms with E-state index in [0.717, 1.165) is 16.8 Å². The van der Waals surface area contributed by atoms with Crippen LogP contribution < -0.4 is 14.8 Å². The van der Waals surface area contributed by atoms with Gasteiger partial charge in [-0.05, 0) is 29.3 Å². The summed E-state index contributed by atoms with van der Waals surface area (Å²) in [6, 6.07) is 12.9. The lowest BCUT2D eigenvalue weighted by Crippen LogP contribution is -2.22. The number of halogens is 1. The molecular weight excluding hydrogens is 354 g/mol. The van der Waals surface area contributed by atoms with E-state index < -0.39 is 0 Å². The highest BCUT2D eigenvalue weighted by atomic mass is 35.5. The van der Waals surface area contributed by atoms with Crippen molar-refractivity contribution < 1.29 is 14.3 Å². The summed E-state index contributed by atoms with van der Waals surface area (Å²) in [4.78, 5) is 12.4. The fourth-order valence-electron chi connectivity index (χ4n) is 2.55. The monoisotopic (exact) mass is 371 g/mol. The number of hydrogen-bond donors (Lipinski definition) is 2. The van der Waals surface area contributed by atoms with Crippen molar-refractivity contribution in [1.82, 2.24) is 15.5 Å². The number of hydrogen-bond acceptors (Lipinski definition) is 4. The summed E-state index contributed by atoms with van der Waals surface area (Å²) in [6.45, 7) is 0.397. The van der Waals surface area contributed by atoms with Crippen molar-refractivity contribution in [2.75, 3.05) is 14.2 Å². The lowest BCUT2D eigenvalue weighted by atomic mass is 10.1. The number of nitrogens with one attached hydrogen (secondary N) is 2. The molecule has 0 atom stereocenters. The molecule has 26 heavy (non-hydrogen) atoms. The van der Waals surface area contributed by atoms with Gasteiger partial charge in [-0.1, -0.05) is 35.9 Å². The zero-order valence-corrected chi connectivity index (χ0v) is 15.1. The van der Waals surface area contributed by atoms with Crippen LogP contribution in [0.1, 0.15) is 15.9 Å². The number of carbonyl (C=O) groups is 1. The second-order valence-electron chi connectivity index (χ2n) is 5.54. The first kappa shape index (κ1) is 17.8. The minimum Gasteiger partial charge on any atom is -0.493 e. The van der Waals surface area contributed by atoms with Crippen molar-refractivity contribution in [1.29, 1.82) is 0 Å². The maximum absolute atomic E-state index is 12.4. The Balaban J connectivity index is 1.68. The van der Waals surface area contributed by atoms with E-state index in [9.17, 15) is 4.79 Å². The van der Waals surface area contributed by atoms with Crippen LogP contribution in [0.15, 0.2) is 48.7 Å². The molecule has 0 aliphatic carbocycles. The lowest BCUT2D eigenvalue weighted by Gasteiger charge is -2.12. The van der Waals surface area contributed by atoms with Gasteiger partial charge in [0.05, 0.1) is 24.9 Å². The van der Waals surface area contributed by atoms with Crippen molar-refractivity contribution in [2.45, 2.75) is 6.54 Å². The van der Waals surface area contributed by atoms with Crippen molar-refractivity contribution in [3.8, 4) is 22.8 Å². The molecule has 0 saturated heterocycles. The Morgan fingerprint density at radius 1 is 1.15 bits per heavy atom. The second-order valence-corrected chi connectivity index (χ2v) is 5.95. The molecule has 3 rings (SSSR count). The molecule has 0 bridgehead atoms. The van der Waals surface area contributed by atoms with Gasteiger partial charge in [0.25, 0.3) is 5.91 Å².